The summed E-state index contributed by atoms with van der Waals surface area (Å²) >= 11 is 1.78. The Morgan fingerprint density at radius 1 is 1.33 bits per heavy atom. The van der Waals surface area contributed by atoms with Gasteiger partial charge in [0.15, 0.2) is 0 Å². The fourth-order valence-electron chi connectivity index (χ4n) is 1.51. The SMILES string of the molecule is CN(C)CCN(C)C(CN)c1cccs1. The highest BCUT2D eigenvalue weighted by Crippen LogP contribution is 2.22. The van der Waals surface area contributed by atoms with E-state index in [0.29, 0.717) is 12.6 Å². The molecule has 0 aliphatic rings. The maximum absolute atomic E-state index is 5.82. The van der Waals surface area contributed by atoms with E-state index in [0.717, 1.165) is 13.1 Å². The first-order valence-corrected chi connectivity index (χ1v) is 6.11. The number of hydrogen-bond donors (Lipinski definition) is 1. The van der Waals surface area contributed by atoms with E-state index in [1.807, 2.05) is 0 Å². The molecule has 0 aliphatic heterocycles. The molecule has 0 aromatic carbocycles. The zero-order valence-electron chi connectivity index (χ0n) is 9.81. The summed E-state index contributed by atoms with van der Waals surface area (Å²) in [5, 5.41) is 2.11. The number of rotatable bonds is 6. The summed E-state index contributed by atoms with van der Waals surface area (Å²) in [7, 11) is 6.33. The van der Waals surface area contributed by atoms with Crippen LogP contribution in [-0.2, 0) is 0 Å². The van der Waals surface area contributed by atoms with E-state index < -0.39 is 0 Å². The normalized spacial score (nSPS) is 13.7. The minimum Gasteiger partial charge on any atom is -0.329 e. The van der Waals surface area contributed by atoms with Crippen molar-refractivity contribution in [3.63, 3.8) is 0 Å². The molecule has 4 heteroatoms. The van der Waals surface area contributed by atoms with Gasteiger partial charge in [0.25, 0.3) is 0 Å². The number of likely N-dealkylation sites (N-methyl/N-ethyl adjacent to an activating group) is 2. The Morgan fingerprint density at radius 2 is 2.07 bits per heavy atom. The lowest BCUT2D eigenvalue weighted by Gasteiger charge is -2.27. The number of hydrogen-bond acceptors (Lipinski definition) is 4. The zero-order chi connectivity index (χ0) is 11.3. The third-order valence-electron chi connectivity index (χ3n) is 2.53. The minimum atomic E-state index is 0.366. The number of nitrogens with two attached hydrogens (primary N) is 1. The van der Waals surface area contributed by atoms with Crippen molar-refractivity contribution in [3.05, 3.63) is 22.4 Å². The molecule has 1 aromatic rings. The van der Waals surface area contributed by atoms with E-state index >= 15 is 0 Å². The Kier molecular flexibility index (Phi) is 5.25. The van der Waals surface area contributed by atoms with E-state index in [1.165, 1.54) is 4.88 Å². The van der Waals surface area contributed by atoms with Crippen molar-refractivity contribution in [1.82, 2.24) is 9.80 Å². The van der Waals surface area contributed by atoms with Crippen LogP contribution in [0.15, 0.2) is 17.5 Å². The van der Waals surface area contributed by atoms with Crippen molar-refractivity contribution in [2.75, 3.05) is 40.8 Å². The maximum atomic E-state index is 5.82. The topological polar surface area (TPSA) is 32.5 Å². The molecule has 0 saturated heterocycles. The summed E-state index contributed by atoms with van der Waals surface area (Å²) in [5.41, 5.74) is 5.82. The molecule has 0 spiro atoms. The van der Waals surface area contributed by atoms with Gasteiger partial charge in [0.1, 0.15) is 0 Å². The van der Waals surface area contributed by atoms with Crippen molar-refractivity contribution >= 4 is 11.3 Å². The van der Waals surface area contributed by atoms with Crippen LogP contribution in [0.2, 0.25) is 0 Å². The Bertz CT molecular complexity index is 259. The molecular formula is C11H21N3S. The monoisotopic (exact) mass is 227 g/mol. The minimum absolute atomic E-state index is 0.366. The fraction of sp³-hybridized carbons (Fsp3) is 0.636. The van der Waals surface area contributed by atoms with Gasteiger partial charge >= 0.3 is 0 Å². The van der Waals surface area contributed by atoms with Gasteiger partial charge in [0.05, 0.1) is 6.04 Å². The van der Waals surface area contributed by atoms with Gasteiger partial charge < -0.3 is 10.6 Å². The standard InChI is InChI=1S/C11H21N3S/c1-13(2)6-7-14(3)10(9-12)11-5-4-8-15-11/h4-5,8,10H,6-7,9,12H2,1-3H3. The third kappa shape index (κ3) is 3.91. The summed E-state index contributed by atoms with van der Waals surface area (Å²) in [6.45, 7) is 2.80. The highest BCUT2D eigenvalue weighted by molar-refractivity contribution is 7.10. The lowest BCUT2D eigenvalue weighted by molar-refractivity contribution is 0.225. The molecule has 15 heavy (non-hydrogen) atoms. The molecule has 1 unspecified atom stereocenters. The largest absolute Gasteiger partial charge is 0.329 e. The quantitative estimate of drug-likeness (QED) is 0.793. The van der Waals surface area contributed by atoms with Crippen LogP contribution in [0, 0.1) is 0 Å². The van der Waals surface area contributed by atoms with Crippen LogP contribution < -0.4 is 5.73 Å². The van der Waals surface area contributed by atoms with Crippen molar-refractivity contribution in [1.29, 1.82) is 0 Å². The summed E-state index contributed by atoms with van der Waals surface area (Å²) in [5.74, 6) is 0. The molecule has 0 fully saturated rings. The van der Waals surface area contributed by atoms with E-state index in [2.05, 4.69) is 48.5 Å². The van der Waals surface area contributed by atoms with Crippen molar-refractivity contribution in [2.45, 2.75) is 6.04 Å². The maximum Gasteiger partial charge on any atom is 0.0562 e. The molecule has 0 amide bonds. The summed E-state index contributed by atoms with van der Waals surface area (Å²) in [4.78, 5) is 5.88. The molecular weight excluding hydrogens is 206 g/mol. The van der Waals surface area contributed by atoms with Crippen LogP contribution in [0.5, 0.6) is 0 Å². The van der Waals surface area contributed by atoms with Gasteiger partial charge in [-0.2, -0.15) is 0 Å². The first-order chi connectivity index (χ1) is 7.15. The van der Waals surface area contributed by atoms with Gasteiger partial charge in [-0.3, -0.25) is 4.90 Å². The number of nitrogens with zero attached hydrogens (tertiary/aromatic N) is 2. The van der Waals surface area contributed by atoms with Gasteiger partial charge in [-0.05, 0) is 32.6 Å². The molecule has 0 saturated carbocycles. The molecule has 0 radical (unpaired) electrons. The Hall–Kier alpha value is -0.420. The highest BCUT2D eigenvalue weighted by atomic mass is 32.1. The summed E-state index contributed by atoms with van der Waals surface area (Å²) < 4.78 is 0. The smallest absolute Gasteiger partial charge is 0.0562 e. The van der Waals surface area contributed by atoms with Crippen LogP contribution in [-0.4, -0.2) is 50.6 Å². The van der Waals surface area contributed by atoms with Gasteiger partial charge in [-0.25, -0.2) is 0 Å². The van der Waals surface area contributed by atoms with E-state index in [9.17, 15) is 0 Å². The van der Waals surface area contributed by atoms with E-state index in [4.69, 9.17) is 5.73 Å². The fourth-order valence-corrected chi connectivity index (χ4v) is 2.41. The first kappa shape index (κ1) is 12.6. The molecule has 1 atom stereocenters. The van der Waals surface area contributed by atoms with Crippen LogP contribution in [0.25, 0.3) is 0 Å². The lowest BCUT2D eigenvalue weighted by atomic mass is 10.2. The molecule has 1 rings (SSSR count). The van der Waals surface area contributed by atoms with Crippen molar-refractivity contribution < 1.29 is 0 Å². The molecule has 86 valence electrons. The molecule has 1 aromatic heterocycles. The molecule has 2 N–H and O–H groups in total. The van der Waals surface area contributed by atoms with Crippen LogP contribution in [0.3, 0.4) is 0 Å². The van der Waals surface area contributed by atoms with Crippen LogP contribution in [0.4, 0.5) is 0 Å². The third-order valence-corrected chi connectivity index (χ3v) is 3.50. The average molecular weight is 227 g/mol. The summed E-state index contributed by atoms with van der Waals surface area (Å²) in [6.07, 6.45) is 0. The van der Waals surface area contributed by atoms with Gasteiger partial charge in [-0.15, -0.1) is 11.3 Å². The molecule has 3 nitrogen and oxygen atoms in total. The second kappa shape index (κ2) is 6.23. The van der Waals surface area contributed by atoms with E-state index in [-0.39, 0.29) is 0 Å². The van der Waals surface area contributed by atoms with Gasteiger partial charge in [0, 0.05) is 24.5 Å². The highest BCUT2D eigenvalue weighted by Gasteiger charge is 2.15. The Balaban J connectivity index is 2.51. The first-order valence-electron chi connectivity index (χ1n) is 5.23. The van der Waals surface area contributed by atoms with Gasteiger partial charge in [-0.1, -0.05) is 6.07 Å². The van der Waals surface area contributed by atoms with Gasteiger partial charge in [0.2, 0.25) is 0 Å². The second-order valence-corrected chi connectivity index (χ2v) is 5.03. The predicted molar refractivity (Wildman–Crippen MR) is 67.3 cm³/mol. The molecule has 1 heterocycles. The van der Waals surface area contributed by atoms with Crippen molar-refractivity contribution in [2.24, 2.45) is 5.73 Å². The predicted octanol–water partition coefficient (Wildman–Crippen LogP) is 1.24. The zero-order valence-corrected chi connectivity index (χ0v) is 10.6. The second-order valence-electron chi connectivity index (χ2n) is 4.05. The van der Waals surface area contributed by atoms with E-state index in [1.54, 1.807) is 11.3 Å². The van der Waals surface area contributed by atoms with Crippen molar-refractivity contribution in [3.8, 4) is 0 Å². The number of thiophene rings is 1. The molecule has 0 bridgehead atoms. The van der Waals surface area contributed by atoms with Crippen LogP contribution >= 0.6 is 11.3 Å². The van der Waals surface area contributed by atoms with Crippen LogP contribution in [0.1, 0.15) is 10.9 Å². The summed E-state index contributed by atoms with van der Waals surface area (Å²) in [6, 6.07) is 4.61. The lowest BCUT2D eigenvalue weighted by Crippen LogP contribution is -2.35. The average Bonchev–Trinajstić information content (AvgIpc) is 2.69. The molecule has 0 aliphatic carbocycles. The Labute approximate surface area is 96.5 Å². The Morgan fingerprint density at radius 3 is 2.53 bits per heavy atom.